The summed E-state index contributed by atoms with van der Waals surface area (Å²) in [7, 11) is 0. The van der Waals surface area contributed by atoms with Crippen molar-refractivity contribution in [1.29, 1.82) is 0 Å². The molecule has 0 saturated heterocycles. The lowest BCUT2D eigenvalue weighted by molar-refractivity contribution is 0.391. The maximum atomic E-state index is 5.24. The highest BCUT2D eigenvalue weighted by Crippen LogP contribution is 2.28. The molecule has 0 fully saturated rings. The second kappa shape index (κ2) is 6.37. The fraction of sp³-hybridized carbons (Fsp3) is 0.353. The predicted molar refractivity (Wildman–Crippen MR) is 78.3 cm³/mol. The zero-order valence-electron chi connectivity index (χ0n) is 11.7. The number of aryl methyl sites for hydroxylation is 3. The molecular weight excluding hydrogens is 234 g/mol. The van der Waals surface area contributed by atoms with Crippen LogP contribution in [0.25, 0.3) is 0 Å². The molecule has 0 N–H and O–H groups in total. The monoisotopic (exact) mass is 255 g/mol. The third kappa shape index (κ3) is 3.34. The van der Waals surface area contributed by atoms with Crippen LogP contribution in [0.5, 0.6) is 0 Å². The average Bonchev–Trinajstić information content (AvgIpc) is 2.76. The highest BCUT2D eigenvalue weighted by atomic mass is 16.5. The van der Waals surface area contributed by atoms with Gasteiger partial charge in [0.2, 0.25) is 0 Å². The first-order chi connectivity index (χ1) is 9.22. The Bertz CT molecular complexity index is 508. The van der Waals surface area contributed by atoms with Crippen molar-refractivity contribution in [2.24, 2.45) is 0 Å². The average molecular weight is 255 g/mol. The van der Waals surface area contributed by atoms with Crippen molar-refractivity contribution in [2.75, 3.05) is 0 Å². The van der Waals surface area contributed by atoms with Gasteiger partial charge in [0, 0.05) is 11.5 Å². The number of hydrogen-bond donors (Lipinski definition) is 0. The molecular formula is C17H21NO. The summed E-state index contributed by atoms with van der Waals surface area (Å²) in [5.41, 5.74) is 3.59. The Morgan fingerprint density at radius 1 is 1.26 bits per heavy atom. The summed E-state index contributed by atoms with van der Waals surface area (Å²) in [6.45, 7) is 7.93. The number of hydrogen-bond acceptors (Lipinski definition) is 2. The number of allylic oxidation sites excluding steroid dienone is 1. The molecule has 100 valence electrons. The standard InChI is InChI=1S/C17H21NO/c1-4-16(17-13(2)18-19-14(17)3)12-8-11-15-9-6-5-7-10-15/h4-7,9-10,16H,1,8,11-12H2,2-3H3/t16-/m1/s1. The van der Waals surface area contributed by atoms with E-state index in [4.69, 9.17) is 4.52 Å². The van der Waals surface area contributed by atoms with E-state index in [0.29, 0.717) is 5.92 Å². The fourth-order valence-corrected chi connectivity index (χ4v) is 2.57. The zero-order valence-corrected chi connectivity index (χ0v) is 11.7. The van der Waals surface area contributed by atoms with Crippen molar-refractivity contribution in [3.63, 3.8) is 0 Å². The summed E-state index contributed by atoms with van der Waals surface area (Å²) in [5, 5.41) is 4.03. The Morgan fingerprint density at radius 2 is 2.00 bits per heavy atom. The Morgan fingerprint density at radius 3 is 2.58 bits per heavy atom. The van der Waals surface area contributed by atoms with E-state index in [1.165, 1.54) is 11.1 Å². The summed E-state index contributed by atoms with van der Waals surface area (Å²) in [5.74, 6) is 1.26. The van der Waals surface area contributed by atoms with Gasteiger partial charge < -0.3 is 4.52 Å². The molecule has 1 heterocycles. The Hall–Kier alpha value is -1.83. The number of rotatable bonds is 6. The molecule has 0 radical (unpaired) electrons. The molecule has 0 aliphatic heterocycles. The van der Waals surface area contributed by atoms with Gasteiger partial charge in [-0.05, 0) is 38.7 Å². The normalized spacial score (nSPS) is 12.3. The van der Waals surface area contributed by atoms with Crippen molar-refractivity contribution in [3.8, 4) is 0 Å². The van der Waals surface area contributed by atoms with Crippen molar-refractivity contribution >= 4 is 0 Å². The van der Waals surface area contributed by atoms with E-state index in [0.717, 1.165) is 30.7 Å². The van der Waals surface area contributed by atoms with Crippen LogP contribution in [0.15, 0.2) is 47.5 Å². The first kappa shape index (κ1) is 13.6. The van der Waals surface area contributed by atoms with Crippen LogP contribution in [0.2, 0.25) is 0 Å². The maximum Gasteiger partial charge on any atom is 0.137 e. The molecule has 2 nitrogen and oxygen atoms in total. The largest absolute Gasteiger partial charge is 0.361 e. The molecule has 2 aromatic rings. The van der Waals surface area contributed by atoms with Crippen LogP contribution >= 0.6 is 0 Å². The molecule has 0 bridgehead atoms. The maximum absolute atomic E-state index is 5.24. The summed E-state index contributed by atoms with van der Waals surface area (Å²) in [6.07, 6.45) is 5.35. The molecule has 0 spiro atoms. The zero-order chi connectivity index (χ0) is 13.7. The number of benzene rings is 1. The van der Waals surface area contributed by atoms with E-state index >= 15 is 0 Å². The summed E-state index contributed by atoms with van der Waals surface area (Å²) < 4.78 is 5.24. The van der Waals surface area contributed by atoms with Gasteiger partial charge in [-0.25, -0.2) is 0 Å². The van der Waals surface area contributed by atoms with Crippen LogP contribution in [0, 0.1) is 13.8 Å². The topological polar surface area (TPSA) is 26.0 Å². The molecule has 0 amide bonds. The van der Waals surface area contributed by atoms with Crippen LogP contribution in [0.4, 0.5) is 0 Å². The minimum atomic E-state index is 0.343. The van der Waals surface area contributed by atoms with Gasteiger partial charge in [-0.15, -0.1) is 6.58 Å². The van der Waals surface area contributed by atoms with Gasteiger partial charge in [-0.3, -0.25) is 0 Å². The van der Waals surface area contributed by atoms with Gasteiger partial charge in [0.15, 0.2) is 0 Å². The minimum Gasteiger partial charge on any atom is -0.361 e. The van der Waals surface area contributed by atoms with Crippen LogP contribution in [-0.2, 0) is 6.42 Å². The first-order valence-corrected chi connectivity index (χ1v) is 6.81. The van der Waals surface area contributed by atoms with Gasteiger partial charge in [0.05, 0.1) is 5.69 Å². The lowest BCUT2D eigenvalue weighted by Gasteiger charge is -2.12. The summed E-state index contributed by atoms with van der Waals surface area (Å²) in [6, 6.07) is 10.6. The highest BCUT2D eigenvalue weighted by Gasteiger charge is 2.17. The molecule has 2 heteroatoms. The Labute approximate surface area is 115 Å². The van der Waals surface area contributed by atoms with Crippen LogP contribution < -0.4 is 0 Å². The van der Waals surface area contributed by atoms with Crippen LogP contribution in [0.1, 0.15) is 41.3 Å². The first-order valence-electron chi connectivity index (χ1n) is 6.81. The third-order valence-electron chi connectivity index (χ3n) is 3.57. The van der Waals surface area contributed by atoms with Gasteiger partial charge in [0.25, 0.3) is 0 Å². The molecule has 19 heavy (non-hydrogen) atoms. The predicted octanol–water partition coefficient (Wildman–Crippen LogP) is 4.58. The SMILES string of the molecule is C=C[C@H](CCCc1ccccc1)c1c(C)noc1C. The Kier molecular flexibility index (Phi) is 4.56. The second-order valence-corrected chi connectivity index (χ2v) is 4.96. The molecule has 0 aliphatic carbocycles. The minimum absolute atomic E-state index is 0.343. The molecule has 0 unspecified atom stereocenters. The van der Waals surface area contributed by atoms with E-state index in [-0.39, 0.29) is 0 Å². The van der Waals surface area contributed by atoms with E-state index in [1.54, 1.807) is 0 Å². The lowest BCUT2D eigenvalue weighted by atomic mass is 9.91. The second-order valence-electron chi connectivity index (χ2n) is 4.96. The molecule has 2 rings (SSSR count). The van der Waals surface area contributed by atoms with Gasteiger partial charge in [0.1, 0.15) is 5.76 Å². The summed E-state index contributed by atoms with van der Waals surface area (Å²) >= 11 is 0. The molecule has 0 aliphatic rings. The van der Waals surface area contributed by atoms with Crippen molar-refractivity contribution in [1.82, 2.24) is 5.16 Å². The van der Waals surface area contributed by atoms with Crippen molar-refractivity contribution < 1.29 is 4.52 Å². The smallest absolute Gasteiger partial charge is 0.137 e. The van der Waals surface area contributed by atoms with Crippen LogP contribution in [0.3, 0.4) is 0 Å². The van der Waals surface area contributed by atoms with Crippen LogP contribution in [-0.4, -0.2) is 5.16 Å². The van der Waals surface area contributed by atoms with Crippen molar-refractivity contribution in [3.05, 3.63) is 65.6 Å². The van der Waals surface area contributed by atoms with E-state index in [2.05, 4.69) is 42.1 Å². The fourth-order valence-electron chi connectivity index (χ4n) is 2.57. The van der Waals surface area contributed by atoms with Crippen molar-refractivity contribution in [2.45, 2.75) is 39.0 Å². The highest BCUT2D eigenvalue weighted by molar-refractivity contribution is 5.28. The molecule has 0 saturated carbocycles. The quantitative estimate of drug-likeness (QED) is 0.706. The van der Waals surface area contributed by atoms with Gasteiger partial charge >= 0.3 is 0 Å². The van der Waals surface area contributed by atoms with Gasteiger partial charge in [-0.1, -0.05) is 41.6 Å². The van der Waals surface area contributed by atoms with E-state index < -0.39 is 0 Å². The molecule has 1 aromatic heterocycles. The third-order valence-corrected chi connectivity index (χ3v) is 3.57. The van der Waals surface area contributed by atoms with Gasteiger partial charge in [-0.2, -0.15) is 0 Å². The van der Waals surface area contributed by atoms with E-state index in [1.807, 2.05) is 19.9 Å². The molecule has 1 aromatic carbocycles. The molecule has 1 atom stereocenters. The number of aromatic nitrogens is 1. The lowest BCUT2D eigenvalue weighted by Crippen LogP contribution is -1.99. The summed E-state index contributed by atoms with van der Waals surface area (Å²) in [4.78, 5) is 0. The Balaban J connectivity index is 1.95. The number of nitrogens with zero attached hydrogens (tertiary/aromatic N) is 1. The van der Waals surface area contributed by atoms with E-state index in [9.17, 15) is 0 Å².